The molecule has 9 heavy (non-hydrogen) atoms. The predicted molar refractivity (Wildman–Crippen MR) is 40.0 cm³/mol. The van der Waals surface area contributed by atoms with E-state index in [1.807, 2.05) is 13.0 Å². The van der Waals surface area contributed by atoms with Crippen molar-refractivity contribution in [1.29, 1.82) is 0 Å². The van der Waals surface area contributed by atoms with E-state index >= 15 is 0 Å². The highest BCUT2D eigenvalue weighted by Crippen LogP contribution is 2.03. The van der Waals surface area contributed by atoms with Crippen LogP contribution in [0.5, 0.6) is 0 Å². The second-order valence-corrected chi connectivity index (χ2v) is 2.34. The summed E-state index contributed by atoms with van der Waals surface area (Å²) < 4.78 is 0. The highest BCUT2D eigenvalue weighted by molar-refractivity contribution is 4.83. The van der Waals surface area contributed by atoms with Crippen LogP contribution >= 0.6 is 0 Å². The molecule has 1 radical (unpaired) electrons. The molecule has 0 fully saturated rings. The van der Waals surface area contributed by atoms with Crippen LogP contribution in [0.25, 0.3) is 0 Å². The fourth-order valence-corrected chi connectivity index (χ4v) is 0.590. The molecule has 0 rings (SSSR count). The second-order valence-electron chi connectivity index (χ2n) is 2.34. The van der Waals surface area contributed by atoms with Gasteiger partial charge in [0.15, 0.2) is 0 Å². The molecule has 1 N–H and O–H groups in total. The lowest BCUT2D eigenvalue weighted by Gasteiger charge is -2.02. The first-order valence-corrected chi connectivity index (χ1v) is 3.36. The molecule has 1 atom stereocenters. The normalized spacial score (nSPS) is 14.6. The van der Waals surface area contributed by atoms with E-state index in [-0.39, 0.29) is 0 Å². The Morgan fingerprint density at radius 1 is 1.67 bits per heavy atom. The van der Waals surface area contributed by atoms with E-state index in [0.717, 1.165) is 12.8 Å². The molecule has 0 aliphatic carbocycles. The zero-order chi connectivity index (χ0) is 7.11. The van der Waals surface area contributed by atoms with E-state index in [2.05, 4.69) is 6.92 Å². The summed E-state index contributed by atoms with van der Waals surface area (Å²) in [5, 5.41) is 8.59. The van der Waals surface area contributed by atoms with Gasteiger partial charge in [-0.3, -0.25) is 0 Å². The highest BCUT2D eigenvalue weighted by Gasteiger charge is 1.95. The van der Waals surface area contributed by atoms with Crippen molar-refractivity contribution in [3.63, 3.8) is 0 Å². The van der Waals surface area contributed by atoms with E-state index < -0.39 is 0 Å². The predicted octanol–water partition coefficient (Wildman–Crippen LogP) is 1.79. The zero-order valence-corrected chi connectivity index (χ0v) is 6.01. The number of allylic oxidation sites excluding steroid dienone is 2. The minimum atomic E-state index is 0.297. The summed E-state index contributed by atoms with van der Waals surface area (Å²) in [4.78, 5) is 0. The van der Waals surface area contributed by atoms with E-state index in [1.165, 1.54) is 0 Å². The lowest BCUT2D eigenvalue weighted by atomic mass is 10.1. The van der Waals surface area contributed by atoms with Gasteiger partial charge >= 0.3 is 0 Å². The fraction of sp³-hybridized carbons (Fsp3) is 0.625. The van der Waals surface area contributed by atoms with Gasteiger partial charge in [-0.15, -0.1) is 0 Å². The number of aliphatic hydroxyl groups is 1. The first-order valence-electron chi connectivity index (χ1n) is 3.36. The van der Waals surface area contributed by atoms with Gasteiger partial charge in [0.05, 0.1) is 0 Å². The van der Waals surface area contributed by atoms with Gasteiger partial charge in [-0.1, -0.05) is 19.1 Å². The third kappa shape index (κ3) is 5.57. The summed E-state index contributed by atoms with van der Waals surface area (Å²) in [6.45, 7) is 5.90. The van der Waals surface area contributed by atoms with Crippen LogP contribution in [0.3, 0.4) is 0 Å². The molecule has 0 amide bonds. The Hall–Kier alpha value is -0.300. The smallest absolute Gasteiger partial charge is 0.0456 e. The number of aliphatic hydroxyl groups excluding tert-OH is 1. The molecule has 0 spiro atoms. The first kappa shape index (κ1) is 8.70. The van der Waals surface area contributed by atoms with Gasteiger partial charge in [0, 0.05) is 6.61 Å². The molecule has 53 valence electrons. The molecule has 0 aliphatic rings. The molecule has 1 heteroatoms. The Morgan fingerprint density at radius 3 is 2.78 bits per heavy atom. The summed E-state index contributed by atoms with van der Waals surface area (Å²) in [6, 6.07) is 0. The van der Waals surface area contributed by atoms with Crippen molar-refractivity contribution in [2.75, 3.05) is 6.61 Å². The summed E-state index contributed by atoms with van der Waals surface area (Å²) in [5.41, 5.74) is 0. The topological polar surface area (TPSA) is 20.2 Å². The van der Waals surface area contributed by atoms with Gasteiger partial charge in [-0.25, -0.2) is 0 Å². The Bertz CT molecular complexity index is 76.6. The van der Waals surface area contributed by atoms with Gasteiger partial charge in [-0.05, 0) is 25.7 Å². The van der Waals surface area contributed by atoms with Crippen LogP contribution in [0.1, 0.15) is 19.8 Å². The highest BCUT2D eigenvalue weighted by atomic mass is 16.3. The van der Waals surface area contributed by atoms with Gasteiger partial charge < -0.3 is 5.11 Å². The number of hydrogen-bond acceptors (Lipinski definition) is 1. The van der Waals surface area contributed by atoms with Gasteiger partial charge in [0.2, 0.25) is 0 Å². The Kier molecular flexibility index (Phi) is 5.64. The Morgan fingerprint density at radius 2 is 2.33 bits per heavy atom. The zero-order valence-electron chi connectivity index (χ0n) is 6.01. The van der Waals surface area contributed by atoms with Crippen molar-refractivity contribution >= 4 is 0 Å². The van der Waals surface area contributed by atoms with Gasteiger partial charge in [0.25, 0.3) is 0 Å². The second kappa shape index (κ2) is 5.83. The van der Waals surface area contributed by atoms with Crippen LogP contribution in [-0.4, -0.2) is 11.7 Å². The summed E-state index contributed by atoms with van der Waals surface area (Å²) in [7, 11) is 0. The summed E-state index contributed by atoms with van der Waals surface area (Å²) in [5.74, 6) is 0.432. The van der Waals surface area contributed by atoms with Gasteiger partial charge in [-0.2, -0.15) is 0 Å². The molecule has 0 aromatic carbocycles. The summed E-state index contributed by atoms with van der Waals surface area (Å²) in [6.07, 6.45) is 5.91. The van der Waals surface area contributed by atoms with Crippen molar-refractivity contribution < 1.29 is 5.11 Å². The lowest BCUT2D eigenvalue weighted by molar-refractivity contribution is 0.231. The van der Waals surface area contributed by atoms with Crippen molar-refractivity contribution in [2.45, 2.75) is 19.8 Å². The Labute approximate surface area is 57.4 Å². The molecule has 0 aromatic heterocycles. The maximum absolute atomic E-state index is 8.59. The largest absolute Gasteiger partial charge is 0.396 e. The maximum Gasteiger partial charge on any atom is 0.0456 e. The van der Waals surface area contributed by atoms with E-state index in [9.17, 15) is 0 Å². The molecule has 1 nitrogen and oxygen atoms in total. The third-order valence-corrected chi connectivity index (χ3v) is 1.30. The molecule has 0 saturated heterocycles. The van der Waals surface area contributed by atoms with Crippen molar-refractivity contribution in [3.8, 4) is 0 Å². The Balaban J connectivity index is 3.06. The monoisotopic (exact) mass is 127 g/mol. The number of rotatable bonds is 4. The minimum absolute atomic E-state index is 0.297. The van der Waals surface area contributed by atoms with Crippen molar-refractivity contribution in [1.82, 2.24) is 0 Å². The molecule has 0 bridgehead atoms. The SMILES string of the molecule is [CH2]C=CCCC(C)CO. The molecule has 0 aromatic rings. The number of hydrogen-bond donors (Lipinski definition) is 1. The first-order chi connectivity index (χ1) is 4.31. The van der Waals surface area contributed by atoms with Crippen LogP contribution in [0.15, 0.2) is 12.2 Å². The maximum atomic E-state index is 8.59. The molecular weight excluding hydrogens is 112 g/mol. The lowest BCUT2D eigenvalue weighted by Crippen LogP contribution is -1.98. The van der Waals surface area contributed by atoms with Crippen LogP contribution in [0.2, 0.25) is 0 Å². The van der Waals surface area contributed by atoms with Crippen LogP contribution in [0, 0.1) is 12.8 Å². The van der Waals surface area contributed by atoms with Crippen LogP contribution in [-0.2, 0) is 0 Å². The average Bonchev–Trinajstić information content (AvgIpc) is 1.89. The molecule has 0 aliphatic heterocycles. The molecule has 1 unspecified atom stereocenters. The molecule has 0 heterocycles. The molecular formula is C8H15O. The quantitative estimate of drug-likeness (QED) is 0.610. The van der Waals surface area contributed by atoms with E-state index in [4.69, 9.17) is 5.11 Å². The average molecular weight is 127 g/mol. The van der Waals surface area contributed by atoms with Crippen molar-refractivity contribution in [3.05, 3.63) is 19.1 Å². The van der Waals surface area contributed by atoms with E-state index in [0.29, 0.717) is 12.5 Å². The van der Waals surface area contributed by atoms with E-state index in [1.54, 1.807) is 6.08 Å². The van der Waals surface area contributed by atoms with Crippen molar-refractivity contribution in [2.24, 2.45) is 5.92 Å². The third-order valence-electron chi connectivity index (χ3n) is 1.30. The fourth-order valence-electron chi connectivity index (χ4n) is 0.590. The minimum Gasteiger partial charge on any atom is -0.396 e. The standard InChI is InChI=1S/C8H15O/c1-3-4-5-6-8(2)7-9/h3-4,8-9H,1,5-7H2,2H3. The van der Waals surface area contributed by atoms with Gasteiger partial charge in [0.1, 0.15) is 0 Å². The molecule has 0 saturated carbocycles. The summed E-state index contributed by atoms with van der Waals surface area (Å²) >= 11 is 0. The van der Waals surface area contributed by atoms with Crippen LogP contribution in [0.4, 0.5) is 0 Å². The van der Waals surface area contributed by atoms with Crippen LogP contribution < -0.4 is 0 Å².